The topological polar surface area (TPSA) is 51.8 Å². The third-order valence-corrected chi connectivity index (χ3v) is 2.70. The Kier molecular flexibility index (Phi) is 4.04. The maximum atomic E-state index is 5.49. The molecule has 1 aromatic heterocycles. The summed E-state index contributed by atoms with van der Waals surface area (Å²) in [5.41, 5.74) is 5.49. The molecule has 0 amide bonds. The van der Waals surface area contributed by atoms with Crippen LogP contribution in [-0.4, -0.2) is 22.3 Å². The molecule has 0 fully saturated rings. The number of hydrogen-bond donors (Lipinski definition) is 1. The fourth-order valence-electron chi connectivity index (χ4n) is 0.656. The second-order valence-electron chi connectivity index (χ2n) is 2.70. The number of nitrogens with zero attached hydrogens (tertiary/aromatic N) is 2. The highest BCUT2D eigenvalue weighted by Crippen LogP contribution is 2.15. The highest BCUT2D eigenvalue weighted by molar-refractivity contribution is 7.99. The summed E-state index contributed by atoms with van der Waals surface area (Å²) in [6.45, 7) is 2.86. The van der Waals surface area contributed by atoms with Crippen LogP contribution in [0.15, 0.2) is 23.6 Å². The normalized spacial score (nSPS) is 12.8. The van der Waals surface area contributed by atoms with Crippen molar-refractivity contribution >= 4 is 11.8 Å². The Morgan fingerprint density at radius 3 is 3.00 bits per heavy atom. The SMILES string of the molecule is CC(CN)CSc1cnccn1. The summed E-state index contributed by atoms with van der Waals surface area (Å²) in [4.78, 5) is 8.12. The number of hydrogen-bond acceptors (Lipinski definition) is 4. The van der Waals surface area contributed by atoms with Gasteiger partial charge < -0.3 is 5.73 Å². The van der Waals surface area contributed by atoms with E-state index in [0.717, 1.165) is 17.3 Å². The minimum atomic E-state index is 0.539. The van der Waals surface area contributed by atoms with Crippen molar-refractivity contribution < 1.29 is 0 Å². The lowest BCUT2D eigenvalue weighted by atomic mass is 10.2. The molecule has 4 heteroatoms. The molecule has 0 radical (unpaired) electrons. The fraction of sp³-hybridized carbons (Fsp3) is 0.500. The van der Waals surface area contributed by atoms with E-state index in [1.807, 2.05) is 0 Å². The van der Waals surface area contributed by atoms with Crippen LogP contribution in [-0.2, 0) is 0 Å². The van der Waals surface area contributed by atoms with Gasteiger partial charge in [-0.2, -0.15) is 0 Å². The largest absolute Gasteiger partial charge is 0.330 e. The molecule has 1 aromatic rings. The lowest BCUT2D eigenvalue weighted by Crippen LogP contribution is -2.12. The molecule has 0 aromatic carbocycles. The van der Waals surface area contributed by atoms with E-state index in [2.05, 4.69) is 16.9 Å². The maximum absolute atomic E-state index is 5.49. The molecular weight excluding hydrogens is 170 g/mol. The second-order valence-corrected chi connectivity index (χ2v) is 3.74. The maximum Gasteiger partial charge on any atom is 0.114 e. The van der Waals surface area contributed by atoms with Gasteiger partial charge in [-0.25, -0.2) is 4.98 Å². The fourth-order valence-corrected chi connectivity index (χ4v) is 1.52. The Hall–Kier alpha value is -0.610. The van der Waals surface area contributed by atoms with Gasteiger partial charge in [-0.3, -0.25) is 4.98 Å². The molecule has 0 saturated carbocycles. The minimum Gasteiger partial charge on any atom is -0.330 e. The summed E-state index contributed by atoms with van der Waals surface area (Å²) < 4.78 is 0. The minimum absolute atomic E-state index is 0.539. The molecule has 0 saturated heterocycles. The van der Waals surface area contributed by atoms with E-state index in [1.165, 1.54) is 0 Å². The van der Waals surface area contributed by atoms with Crippen molar-refractivity contribution in [3.63, 3.8) is 0 Å². The van der Waals surface area contributed by atoms with Crippen LogP contribution in [0.25, 0.3) is 0 Å². The number of thioether (sulfide) groups is 1. The molecule has 12 heavy (non-hydrogen) atoms. The highest BCUT2D eigenvalue weighted by Gasteiger charge is 2.00. The van der Waals surface area contributed by atoms with E-state index in [1.54, 1.807) is 30.4 Å². The molecule has 2 N–H and O–H groups in total. The Bertz CT molecular complexity index is 215. The van der Waals surface area contributed by atoms with Crippen molar-refractivity contribution in [2.45, 2.75) is 11.9 Å². The first-order valence-corrected chi connectivity index (χ1v) is 4.90. The van der Waals surface area contributed by atoms with Gasteiger partial charge >= 0.3 is 0 Å². The van der Waals surface area contributed by atoms with Crippen LogP contribution in [0.1, 0.15) is 6.92 Å². The van der Waals surface area contributed by atoms with Crippen LogP contribution in [0, 0.1) is 5.92 Å². The summed E-state index contributed by atoms with van der Waals surface area (Å²) in [7, 11) is 0. The monoisotopic (exact) mass is 183 g/mol. The van der Waals surface area contributed by atoms with Crippen molar-refractivity contribution in [1.29, 1.82) is 0 Å². The van der Waals surface area contributed by atoms with E-state index in [0.29, 0.717) is 5.92 Å². The Balaban J connectivity index is 2.33. The van der Waals surface area contributed by atoms with Crippen LogP contribution >= 0.6 is 11.8 Å². The zero-order valence-electron chi connectivity index (χ0n) is 7.10. The average molecular weight is 183 g/mol. The lowest BCUT2D eigenvalue weighted by molar-refractivity contribution is 0.675. The molecule has 0 aliphatic heterocycles. The standard InChI is InChI=1S/C8H13N3S/c1-7(4-9)6-12-8-5-10-2-3-11-8/h2-3,5,7H,4,6,9H2,1H3. The van der Waals surface area contributed by atoms with E-state index < -0.39 is 0 Å². The Morgan fingerprint density at radius 2 is 2.42 bits per heavy atom. The number of aromatic nitrogens is 2. The van der Waals surface area contributed by atoms with Gasteiger partial charge in [0.15, 0.2) is 0 Å². The third kappa shape index (κ3) is 3.19. The molecular formula is C8H13N3S. The molecule has 1 heterocycles. The van der Waals surface area contributed by atoms with Crippen molar-refractivity contribution in [2.24, 2.45) is 11.7 Å². The second kappa shape index (κ2) is 5.11. The molecule has 0 bridgehead atoms. The first kappa shape index (κ1) is 9.48. The number of nitrogens with two attached hydrogens (primary N) is 1. The quantitative estimate of drug-likeness (QED) is 0.712. The predicted molar refractivity (Wildman–Crippen MR) is 51.0 cm³/mol. The van der Waals surface area contributed by atoms with Gasteiger partial charge in [-0.1, -0.05) is 6.92 Å². The number of rotatable bonds is 4. The molecule has 0 aliphatic carbocycles. The van der Waals surface area contributed by atoms with Gasteiger partial charge in [0.05, 0.1) is 6.20 Å². The molecule has 0 spiro atoms. The zero-order valence-corrected chi connectivity index (χ0v) is 7.92. The van der Waals surface area contributed by atoms with Crippen molar-refractivity contribution in [3.8, 4) is 0 Å². The van der Waals surface area contributed by atoms with Gasteiger partial charge in [0.2, 0.25) is 0 Å². The summed E-state index contributed by atoms with van der Waals surface area (Å²) >= 11 is 1.70. The van der Waals surface area contributed by atoms with Crippen molar-refractivity contribution in [3.05, 3.63) is 18.6 Å². The Labute approximate surface area is 76.8 Å². The highest BCUT2D eigenvalue weighted by atomic mass is 32.2. The van der Waals surface area contributed by atoms with E-state index in [-0.39, 0.29) is 0 Å². The average Bonchev–Trinajstić information content (AvgIpc) is 2.16. The van der Waals surface area contributed by atoms with Crippen LogP contribution in [0.5, 0.6) is 0 Å². The predicted octanol–water partition coefficient (Wildman–Crippen LogP) is 1.16. The smallest absolute Gasteiger partial charge is 0.114 e. The van der Waals surface area contributed by atoms with E-state index in [9.17, 15) is 0 Å². The molecule has 1 unspecified atom stereocenters. The molecule has 0 aliphatic rings. The first-order chi connectivity index (χ1) is 5.83. The Morgan fingerprint density at radius 1 is 1.58 bits per heavy atom. The van der Waals surface area contributed by atoms with Gasteiger partial charge in [0, 0.05) is 18.1 Å². The van der Waals surface area contributed by atoms with Crippen molar-refractivity contribution in [2.75, 3.05) is 12.3 Å². The van der Waals surface area contributed by atoms with Crippen molar-refractivity contribution in [1.82, 2.24) is 9.97 Å². The van der Waals surface area contributed by atoms with Crippen LogP contribution in [0.3, 0.4) is 0 Å². The third-order valence-electron chi connectivity index (χ3n) is 1.46. The van der Waals surface area contributed by atoms with E-state index >= 15 is 0 Å². The molecule has 1 atom stereocenters. The summed E-state index contributed by atoms with van der Waals surface area (Å²) in [5, 5.41) is 0.970. The molecule has 3 nitrogen and oxygen atoms in total. The molecule has 1 rings (SSSR count). The van der Waals surface area contributed by atoms with Gasteiger partial charge in [-0.15, -0.1) is 11.8 Å². The van der Waals surface area contributed by atoms with Gasteiger partial charge in [0.1, 0.15) is 5.03 Å². The van der Waals surface area contributed by atoms with Crippen LogP contribution in [0.4, 0.5) is 0 Å². The lowest BCUT2D eigenvalue weighted by Gasteiger charge is -2.05. The van der Waals surface area contributed by atoms with Gasteiger partial charge in [-0.05, 0) is 12.5 Å². The zero-order chi connectivity index (χ0) is 8.81. The van der Waals surface area contributed by atoms with E-state index in [4.69, 9.17) is 5.73 Å². The van der Waals surface area contributed by atoms with Gasteiger partial charge in [0.25, 0.3) is 0 Å². The summed E-state index contributed by atoms with van der Waals surface area (Å²) in [5.74, 6) is 1.55. The summed E-state index contributed by atoms with van der Waals surface area (Å²) in [6.07, 6.45) is 5.15. The van der Waals surface area contributed by atoms with Crippen LogP contribution < -0.4 is 5.73 Å². The van der Waals surface area contributed by atoms with Crippen LogP contribution in [0.2, 0.25) is 0 Å². The first-order valence-electron chi connectivity index (χ1n) is 3.92. The molecule has 66 valence electrons. The summed E-state index contributed by atoms with van der Waals surface area (Å²) in [6, 6.07) is 0.